The molecule has 1 saturated heterocycles. The van der Waals surface area contributed by atoms with E-state index in [0.717, 1.165) is 24.2 Å². The van der Waals surface area contributed by atoms with Gasteiger partial charge in [0.1, 0.15) is 11.1 Å². The molecule has 1 aliphatic heterocycles. The van der Waals surface area contributed by atoms with Gasteiger partial charge in [-0.1, -0.05) is 42.0 Å². The molecule has 1 fully saturated rings. The molecule has 1 unspecified atom stereocenters. The van der Waals surface area contributed by atoms with Gasteiger partial charge in [0.25, 0.3) is 5.91 Å². The predicted octanol–water partition coefficient (Wildman–Crippen LogP) is 4.72. The van der Waals surface area contributed by atoms with Crippen molar-refractivity contribution in [3.63, 3.8) is 0 Å². The summed E-state index contributed by atoms with van der Waals surface area (Å²) in [6.45, 7) is 3.18. The van der Waals surface area contributed by atoms with Crippen molar-refractivity contribution in [2.45, 2.75) is 31.7 Å². The molecule has 4 rings (SSSR count). The Morgan fingerprint density at radius 1 is 1.16 bits per heavy atom. The lowest BCUT2D eigenvalue weighted by Crippen LogP contribution is -2.27. The van der Waals surface area contributed by atoms with Gasteiger partial charge in [-0.05, 0) is 55.2 Å². The number of amides is 2. The van der Waals surface area contributed by atoms with Crippen LogP contribution in [0.5, 0.6) is 0 Å². The first-order valence-electron chi connectivity index (χ1n) is 10.5. The normalized spacial score (nSPS) is 16.0. The molecule has 3 aromatic rings. The lowest BCUT2D eigenvalue weighted by atomic mass is 10.1. The summed E-state index contributed by atoms with van der Waals surface area (Å²) < 4.78 is 5.40. The fourth-order valence-corrected chi connectivity index (χ4v) is 4.92. The standard InChI is InChI=1S/C25H26N2O3S/c1-18-5-2-6-19(15-18)7-3-13-26-24(29)20-9-11-21(12-10-20)25-27(23(28)17-31-25)16-22-8-4-14-30-22/h2,4-6,8-12,14-15,25H,3,7,13,16-17H2,1H3,(H,26,29). The van der Waals surface area contributed by atoms with Crippen LogP contribution in [0, 0.1) is 6.92 Å². The zero-order valence-electron chi connectivity index (χ0n) is 17.5. The number of benzene rings is 2. The predicted molar refractivity (Wildman–Crippen MR) is 123 cm³/mol. The lowest BCUT2D eigenvalue weighted by Gasteiger charge is -2.23. The van der Waals surface area contributed by atoms with Crippen LogP contribution in [0.4, 0.5) is 0 Å². The topological polar surface area (TPSA) is 62.6 Å². The Labute approximate surface area is 186 Å². The van der Waals surface area contributed by atoms with E-state index in [1.807, 2.05) is 41.3 Å². The van der Waals surface area contributed by atoms with Crippen molar-refractivity contribution in [1.29, 1.82) is 0 Å². The molecule has 1 N–H and O–H groups in total. The summed E-state index contributed by atoms with van der Waals surface area (Å²) in [4.78, 5) is 26.6. The minimum absolute atomic E-state index is 0.0657. The number of hydrogen-bond acceptors (Lipinski definition) is 4. The second kappa shape index (κ2) is 9.88. The van der Waals surface area contributed by atoms with E-state index in [0.29, 0.717) is 24.4 Å². The summed E-state index contributed by atoms with van der Waals surface area (Å²) in [5, 5.41) is 2.93. The van der Waals surface area contributed by atoms with Gasteiger partial charge >= 0.3 is 0 Å². The Hall–Kier alpha value is -2.99. The highest BCUT2D eigenvalue weighted by Crippen LogP contribution is 2.39. The third kappa shape index (κ3) is 5.39. The van der Waals surface area contributed by atoms with E-state index < -0.39 is 0 Å². The first-order chi connectivity index (χ1) is 15.1. The average Bonchev–Trinajstić information content (AvgIpc) is 3.42. The number of furan rings is 1. The second-order valence-corrected chi connectivity index (χ2v) is 8.80. The van der Waals surface area contributed by atoms with Gasteiger partial charge in [0, 0.05) is 12.1 Å². The zero-order valence-corrected chi connectivity index (χ0v) is 18.4. The van der Waals surface area contributed by atoms with Crippen LogP contribution in [0.3, 0.4) is 0 Å². The van der Waals surface area contributed by atoms with Gasteiger partial charge in [-0.15, -0.1) is 11.8 Å². The van der Waals surface area contributed by atoms with Crippen LogP contribution in [0.2, 0.25) is 0 Å². The molecule has 0 radical (unpaired) electrons. The van der Waals surface area contributed by atoms with Crippen molar-refractivity contribution >= 4 is 23.6 Å². The van der Waals surface area contributed by atoms with E-state index in [-0.39, 0.29) is 17.2 Å². The second-order valence-electron chi connectivity index (χ2n) is 7.73. The van der Waals surface area contributed by atoms with Crippen molar-refractivity contribution in [3.8, 4) is 0 Å². The van der Waals surface area contributed by atoms with Gasteiger partial charge in [-0.3, -0.25) is 9.59 Å². The van der Waals surface area contributed by atoms with E-state index in [2.05, 4.69) is 36.5 Å². The summed E-state index contributed by atoms with van der Waals surface area (Å²) in [7, 11) is 0. The van der Waals surface area contributed by atoms with Gasteiger partial charge in [0.15, 0.2) is 0 Å². The first kappa shape index (κ1) is 21.2. The van der Waals surface area contributed by atoms with Crippen LogP contribution in [0.1, 0.15) is 44.6 Å². The number of carbonyl (C=O) groups excluding carboxylic acids is 2. The molecule has 0 bridgehead atoms. The summed E-state index contributed by atoms with van der Waals surface area (Å²) in [6, 6.07) is 19.7. The number of aryl methyl sites for hydroxylation is 2. The van der Waals surface area contributed by atoms with E-state index in [1.165, 1.54) is 11.1 Å². The SMILES string of the molecule is Cc1cccc(CCCNC(=O)c2ccc(C3SCC(=O)N3Cc3ccco3)cc2)c1. The van der Waals surface area contributed by atoms with Crippen molar-refractivity contribution in [3.05, 3.63) is 94.9 Å². The molecule has 6 heteroatoms. The molecule has 1 aliphatic rings. The smallest absolute Gasteiger partial charge is 0.251 e. The van der Waals surface area contributed by atoms with Crippen molar-refractivity contribution < 1.29 is 14.0 Å². The third-order valence-corrected chi connectivity index (χ3v) is 6.60. The van der Waals surface area contributed by atoms with Crippen molar-refractivity contribution in [2.24, 2.45) is 0 Å². The Bertz CT molecular complexity index is 1030. The monoisotopic (exact) mass is 434 g/mol. The first-order valence-corrected chi connectivity index (χ1v) is 11.5. The molecule has 2 heterocycles. The zero-order chi connectivity index (χ0) is 21.6. The molecular formula is C25H26N2O3S. The minimum atomic E-state index is -0.0709. The number of carbonyl (C=O) groups is 2. The van der Waals surface area contributed by atoms with E-state index in [4.69, 9.17) is 4.42 Å². The molecule has 2 aromatic carbocycles. The fourth-order valence-electron chi connectivity index (χ4n) is 3.73. The van der Waals surface area contributed by atoms with Gasteiger partial charge in [0.2, 0.25) is 5.91 Å². The minimum Gasteiger partial charge on any atom is -0.467 e. The molecule has 1 aromatic heterocycles. The van der Waals surface area contributed by atoms with E-state index >= 15 is 0 Å². The lowest BCUT2D eigenvalue weighted by molar-refractivity contribution is -0.128. The molecule has 31 heavy (non-hydrogen) atoms. The highest BCUT2D eigenvalue weighted by Gasteiger charge is 2.33. The Morgan fingerprint density at radius 3 is 2.74 bits per heavy atom. The van der Waals surface area contributed by atoms with Crippen LogP contribution < -0.4 is 5.32 Å². The summed E-state index contributed by atoms with van der Waals surface area (Å²) in [6.07, 6.45) is 3.46. The van der Waals surface area contributed by atoms with Crippen LogP contribution in [0.25, 0.3) is 0 Å². The molecule has 160 valence electrons. The van der Waals surface area contributed by atoms with Gasteiger partial charge in [0.05, 0.1) is 18.6 Å². The molecule has 2 amide bonds. The van der Waals surface area contributed by atoms with Crippen LogP contribution in [-0.2, 0) is 17.8 Å². The molecule has 0 saturated carbocycles. The fraction of sp³-hybridized carbons (Fsp3) is 0.280. The maximum atomic E-state index is 12.5. The van der Waals surface area contributed by atoms with Crippen LogP contribution in [-0.4, -0.2) is 29.0 Å². The number of rotatable bonds is 8. The average molecular weight is 435 g/mol. The van der Waals surface area contributed by atoms with Gasteiger partial charge < -0.3 is 14.6 Å². The maximum absolute atomic E-state index is 12.5. The van der Waals surface area contributed by atoms with Crippen molar-refractivity contribution in [1.82, 2.24) is 10.2 Å². The largest absolute Gasteiger partial charge is 0.467 e. The van der Waals surface area contributed by atoms with Crippen LogP contribution >= 0.6 is 11.8 Å². The summed E-state index contributed by atoms with van der Waals surface area (Å²) in [5.74, 6) is 1.25. The molecule has 1 atom stereocenters. The number of thioether (sulfide) groups is 1. The maximum Gasteiger partial charge on any atom is 0.251 e. The Morgan fingerprint density at radius 2 is 2.00 bits per heavy atom. The van der Waals surface area contributed by atoms with Gasteiger partial charge in [-0.25, -0.2) is 0 Å². The molecule has 5 nitrogen and oxygen atoms in total. The quantitative estimate of drug-likeness (QED) is 0.521. The number of nitrogens with one attached hydrogen (secondary N) is 1. The Kier molecular flexibility index (Phi) is 6.77. The molecule has 0 spiro atoms. The third-order valence-electron chi connectivity index (χ3n) is 5.34. The summed E-state index contributed by atoms with van der Waals surface area (Å²) >= 11 is 1.60. The number of nitrogens with zero attached hydrogens (tertiary/aromatic N) is 1. The highest BCUT2D eigenvalue weighted by molar-refractivity contribution is 8.00. The molecule has 0 aliphatic carbocycles. The van der Waals surface area contributed by atoms with E-state index in [9.17, 15) is 9.59 Å². The highest BCUT2D eigenvalue weighted by atomic mass is 32.2. The summed E-state index contributed by atoms with van der Waals surface area (Å²) in [5.41, 5.74) is 4.19. The number of hydrogen-bond donors (Lipinski definition) is 1. The van der Waals surface area contributed by atoms with Crippen LogP contribution in [0.15, 0.2) is 71.3 Å². The van der Waals surface area contributed by atoms with Gasteiger partial charge in [-0.2, -0.15) is 0 Å². The Balaban J connectivity index is 1.31. The van der Waals surface area contributed by atoms with Crippen molar-refractivity contribution in [2.75, 3.05) is 12.3 Å². The molecular weight excluding hydrogens is 408 g/mol. The van der Waals surface area contributed by atoms with E-state index in [1.54, 1.807) is 18.0 Å².